The number of hydrogen-bond acceptors (Lipinski definition) is 2. The van der Waals surface area contributed by atoms with Gasteiger partial charge < -0.3 is 10.2 Å². The molecule has 114 valence electrons. The van der Waals surface area contributed by atoms with Gasteiger partial charge in [0, 0.05) is 19.0 Å². The van der Waals surface area contributed by atoms with Crippen molar-refractivity contribution in [3.8, 4) is 0 Å². The van der Waals surface area contributed by atoms with E-state index in [1.807, 2.05) is 13.8 Å². The Bertz CT molecular complexity index is 563. The molecule has 0 radical (unpaired) electrons. The molecule has 2 atom stereocenters. The van der Waals surface area contributed by atoms with E-state index in [4.69, 9.17) is 0 Å². The van der Waals surface area contributed by atoms with E-state index in [1.54, 1.807) is 0 Å². The number of hydrogen-bond donors (Lipinski definition) is 1. The van der Waals surface area contributed by atoms with Crippen LogP contribution in [-0.4, -0.2) is 24.4 Å². The highest BCUT2D eigenvalue weighted by atomic mass is 19.1. The maximum absolute atomic E-state index is 13.9. The van der Waals surface area contributed by atoms with Crippen LogP contribution in [0.25, 0.3) is 0 Å². The summed E-state index contributed by atoms with van der Waals surface area (Å²) < 4.78 is 27.2. The van der Waals surface area contributed by atoms with Crippen LogP contribution < -0.4 is 10.2 Å². The van der Waals surface area contributed by atoms with E-state index in [-0.39, 0.29) is 30.5 Å². The van der Waals surface area contributed by atoms with Crippen LogP contribution in [0.1, 0.15) is 26.7 Å². The van der Waals surface area contributed by atoms with E-state index >= 15 is 0 Å². The first-order chi connectivity index (χ1) is 9.93. The van der Waals surface area contributed by atoms with Gasteiger partial charge in [-0.25, -0.2) is 8.78 Å². The first-order valence-electron chi connectivity index (χ1n) is 6.99. The molecule has 21 heavy (non-hydrogen) atoms. The van der Waals surface area contributed by atoms with Gasteiger partial charge in [-0.1, -0.05) is 20.3 Å². The molecule has 1 aliphatic rings. The predicted octanol–water partition coefficient (Wildman–Crippen LogP) is 2.23. The van der Waals surface area contributed by atoms with E-state index in [1.165, 1.54) is 0 Å². The van der Waals surface area contributed by atoms with Crippen molar-refractivity contribution in [3.05, 3.63) is 29.8 Å². The molecule has 1 aromatic rings. The van der Waals surface area contributed by atoms with Gasteiger partial charge in [-0.2, -0.15) is 0 Å². The Balaban J connectivity index is 2.39. The number of nitrogens with zero attached hydrogens (tertiary/aromatic N) is 1. The van der Waals surface area contributed by atoms with Gasteiger partial charge in [0.05, 0.1) is 5.69 Å². The van der Waals surface area contributed by atoms with Gasteiger partial charge in [0.1, 0.15) is 17.7 Å². The van der Waals surface area contributed by atoms with Crippen LogP contribution in [0, 0.1) is 17.6 Å². The minimum Gasteiger partial charge on any atom is -0.344 e. The number of nitrogens with one attached hydrogen (secondary N) is 1. The van der Waals surface area contributed by atoms with Crippen LogP contribution in [0.3, 0.4) is 0 Å². The Kier molecular flexibility index (Phi) is 4.55. The minimum absolute atomic E-state index is 0.0397. The topological polar surface area (TPSA) is 49.4 Å². The van der Waals surface area contributed by atoms with Gasteiger partial charge in [0.15, 0.2) is 0 Å². The summed E-state index contributed by atoms with van der Waals surface area (Å²) in [6.07, 6.45) is 0.755. The molecular weight excluding hydrogens is 278 g/mol. The quantitative estimate of drug-likeness (QED) is 0.930. The SMILES string of the molecule is CCC(C)C1NC(=O)CCN(c2cc(F)ccc2F)C1=O. The Morgan fingerprint density at radius 1 is 1.38 bits per heavy atom. The summed E-state index contributed by atoms with van der Waals surface area (Å²) in [5.41, 5.74) is -0.121. The zero-order valence-corrected chi connectivity index (χ0v) is 12.0. The number of amides is 2. The average Bonchev–Trinajstić information content (AvgIpc) is 2.60. The van der Waals surface area contributed by atoms with E-state index in [9.17, 15) is 18.4 Å². The Morgan fingerprint density at radius 2 is 2.10 bits per heavy atom. The lowest BCUT2D eigenvalue weighted by molar-refractivity contribution is -0.126. The van der Waals surface area contributed by atoms with Crippen molar-refractivity contribution in [3.63, 3.8) is 0 Å². The fourth-order valence-electron chi connectivity index (χ4n) is 2.35. The Labute approximate surface area is 122 Å². The number of carbonyl (C=O) groups is 2. The highest BCUT2D eigenvalue weighted by molar-refractivity contribution is 6.01. The number of anilines is 1. The highest BCUT2D eigenvalue weighted by Gasteiger charge is 2.34. The van der Waals surface area contributed by atoms with Crippen LogP contribution in [0.4, 0.5) is 14.5 Å². The largest absolute Gasteiger partial charge is 0.344 e. The summed E-state index contributed by atoms with van der Waals surface area (Å²) in [7, 11) is 0. The summed E-state index contributed by atoms with van der Waals surface area (Å²) in [6.45, 7) is 3.79. The fraction of sp³-hybridized carbons (Fsp3) is 0.467. The van der Waals surface area contributed by atoms with Crippen LogP contribution in [0.5, 0.6) is 0 Å². The summed E-state index contributed by atoms with van der Waals surface area (Å²) in [5.74, 6) is -2.05. The van der Waals surface area contributed by atoms with E-state index in [2.05, 4.69) is 5.32 Å². The third-order valence-electron chi connectivity index (χ3n) is 3.82. The smallest absolute Gasteiger partial charge is 0.249 e. The normalized spacial score (nSPS) is 21.0. The molecule has 1 heterocycles. The van der Waals surface area contributed by atoms with Gasteiger partial charge in [-0.05, 0) is 18.1 Å². The van der Waals surface area contributed by atoms with E-state index in [0.29, 0.717) is 6.42 Å². The van der Waals surface area contributed by atoms with Crippen molar-refractivity contribution in [2.45, 2.75) is 32.7 Å². The molecule has 4 nitrogen and oxygen atoms in total. The van der Waals surface area contributed by atoms with Gasteiger partial charge in [-0.15, -0.1) is 0 Å². The Hall–Kier alpha value is -1.98. The summed E-state index contributed by atoms with van der Waals surface area (Å²) in [4.78, 5) is 25.5. The maximum Gasteiger partial charge on any atom is 0.249 e. The molecule has 0 aromatic heterocycles. The first-order valence-corrected chi connectivity index (χ1v) is 6.99. The number of carbonyl (C=O) groups excluding carboxylic acids is 2. The molecule has 1 aromatic carbocycles. The van der Waals surface area contributed by atoms with Crippen molar-refractivity contribution in [2.24, 2.45) is 5.92 Å². The molecule has 0 aliphatic carbocycles. The molecule has 1 aliphatic heterocycles. The van der Waals surface area contributed by atoms with Gasteiger partial charge >= 0.3 is 0 Å². The lowest BCUT2D eigenvalue weighted by Gasteiger charge is -2.27. The standard InChI is InChI=1S/C15H18F2N2O2/c1-3-9(2)14-15(21)19(7-6-13(20)18-14)12-8-10(16)4-5-11(12)17/h4-5,8-9,14H,3,6-7H2,1-2H3,(H,18,20). The average molecular weight is 296 g/mol. The third-order valence-corrected chi connectivity index (χ3v) is 3.82. The summed E-state index contributed by atoms with van der Waals surface area (Å²) >= 11 is 0. The molecule has 2 amide bonds. The lowest BCUT2D eigenvalue weighted by atomic mass is 9.98. The summed E-state index contributed by atoms with van der Waals surface area (Å²) in [5, 5.41) is 2.67. The zero-order valence-electron chi connectivity index (χ0n) is 12.0. The number of benzene rings is 1. The second kappa shape index (κ2) is 6.20. The van der Waals surface area contributed by atoms with Crippen molar-refractivity contribution in [1.82, 2.24) is 5.32 Å². The lowest BCUT2D eigenvalue weighted by Crippen LogP contribution is -2.48. The molecular formula is C15H18F2N2O2. The molecule has 0 spiro atoms. The van der Waals surface area contributed by atoms with E-state index < -0.39 is 23.6 Å². The second-order valence-corrected chi connectivity index (χ2v) is 5.27. The van der Waals surface area contributed by atoms with Crippen LogP contribution in [0.15, 0.2) is 18.2 Å². The summed E-state index contributed by atoms with van der Waals surface area (Å²) in [6, 6.07) is 2.25. The van der Waals surface area contributed by atoms with Crippen molar-refractivity contribution < 1.29 is 18.4 Å². The predicted molar refractivity (Wildman–Crippen MR) is 74.7 cm³/mol. The fourth-order valence-corrected chi connectivity index (χ4v) is 2.35. The first kappa shape index (κ1) is 15.4. The van der Waals surface area contributed by atoms with Gasteiger partial charge in [0.2, 0.25) is 11.8 Å². The maximum atomic E-state index is 13.9. The van der Waals surface area contributed by atoms with Crippen LogP contribution in [-0.2, 0) is 9.59 Å². The minimum atomic E-state index is -0.715. The highest BCUT2D eigenvalue weighted by Crippen LogP contribution is 2.24. The number of rotatable bonds is 3. The third kappa shape index (κ3) is 3.20. The monoisotopic (exact) mass is 296 g/mol. The van der Waals surface area contributed by atoms with Crippen molar-refractivity contribution in [2.75, 3.05) is 11.4 Å². The molecule has 2 rings (SSSR count). The molecule has 0 saturated carbocycles. The molecule has 1 saturated heterocycles. The molecule has 1 fully saturated rings. The molecule has 6 heteroatoms. The number of halogens is 2. The molecule has 2 unspecified atom stereocenters. The second-order valence-electron chi connectivity index (χ2n) is 5.27. The van der Waals surface area contributed by atoms with E-state index in [0.717, 1.165) is 23.1 Å². The molecule has 0 bridgehead atoms. The van der Waals surface area contributed by atoms with Crippen LogP contribution >= 0.6 is 0 Å². The van der Waals surface area contributed by atoms with Crippen LogP contribution in [0.2, 0.25) is 0 Å². The Morgan fingerprint density at radius 3 is 2.76 bits per heavy atom. The van der Waals surface area contributed by atoms with Crippen molar-refractivity contribution in [1.29, 1.82) is 0 Å². The van der Waals surface area contributed by atoms with Crippen molar-refractivity contribution >= 4 is 17.5 Å². The molecule has 1 N–H and O–H groups in total. The van der Waals surface area contributed by atoms with Gasteiger partial charge in [0.25, 0.3) is 0 Å². The zero-order chi connectivity index (χ0) is 15.6. The van der Waals surface area contributed by atoms with Gasteiger partial charge in [-0.3, -0.25) is 9.59 Å².